The van der Waals surface area contributed by atoms with Crippen molar-refractivity contribution in [2.24, 2.45) is 0 Å². The maximum absolute atomic E-state index is 9.80. The van der Waals surface area contributed by atoms with Gasteiger partial charge in [-0.25, -0.2) is 0 Å². The van der Waals surface area contributed by atoms with Crippen molar-refractivity contribution in [1.82, 2.24) is 0 Å². The van der Waals surface area contributed by atoms with Crippen LogP contribution in [0.1, 0.15) is 5.56 Å². The Hall–Kier alpha value is -2.16. The third kappa shape index (κ3) is 1.56. The summed E-state index contributed by atoms with van der Waals surface area (Å²) in [5, 5.41) is 29.1. The van der Waals surface area contributed by atoms with Crippen LogP contribution in [-0.2, 0) is 0 Å². The molecule has 0 spiro atoms. The number of aromatic hydroxyl groups is 3. The molecule has 0 fully saturated rings. The summed E-state index contributed by atoms with van der Waals surface area (Å²) in [4.78, 5) is 0. The number of benzene rings is 2. The molecule has 0 aromatic heterocycles. The molecule has 0 aliphatic heterocycles. The van der Waals surface area contributed by atoms with Crippen LogP contribution < -0.4 is 0 Å². The number of phenolic OH excluding ortho intramolecular Hbond substituents is 3. The number of aryl methyl sites for hydroxylation is 1. The van der Waals surface area contributed by atoms with Crippen molar-refractivity contribution >= 4 is 0 Å². The van der Waals surface area contributed by atoms with E-state index < -0.39 is 0 Å². The molecular weight excluding hydrogens is 204 g/mol. The minimum Gasteiger partial charge on any atom is -0.507 e. The monoisotopic (exact) mass is 216 g/mol. The quantitative estimate of drug-likeness (QED) is 0.642. The van der Waals surface area contributed by atoms with Crippen LogP contribution in [0.3, 0.4) is 0 Å². The minimum atomic E-state index is -0.207. The van der Waals surface area contributed by atoms with E-state index in [-0.39, 0.29) is 17.2 Å². The van der Waals surface area contributed by atoms with Crippen LogP contribution in [0.5, 0.6) is 17.2 Å². The summed E-state index contributed by atoms with van der Waals surface area (Å²) in [5.41, 5.74) is 1.51. The van der Waals surface area contributed by atoms with Gasteiger partial charge in [-0.3, -0.25) is 0 Å². The van der Waals surface area contributed by atoms with Crippen molar-refractivity contribution in [3.63, 3.8) is 0 Å². The van der Waals surface area contributed by atoms with Gasteiger partial charge >= 0.3 is 0 Å². The molecule has 0 saturated carbocycles. The summed E-state index contributed by atoms with van der Waals surface area (Å²) in [6.07, 6.45) is 0. The molecule has 16 heavy (non-hydrogen) atoms. The van der Waals surface area contributed by atoms with Crippen LogP contribution in [-0.4, -0.2) is 15.3 Å². The second-order valence-electron chi connectivity index (χ2n) is 3.64. The first-order valence-electron chi connectivity index (χ1n) is 4.91. The molecule has 0 atom stereocenters. The van der Waals surface area contributed by atoms with Crippen LogP contribution in [0.2, 0.25) is 0 Å². The Labute approximate surface area is 93.2 Å². The third-order valence-electron chi connectivity index (χ3n) is 2.55. The Bertz CT molecular complexity index is 533. The van der Waals surface area contributed by atoms with Crippen molar-refractivity contribution in [2.75, 3.05) is 0 Å². The van der Waals surface area contributed by atoms with Gasteiger partial charge in [0, 0.05) is 11.1 Å². The largest absolute Gasteiger partial charge is 0.507 e. The van der Waals surface area contributed by atoms with Crippen LogP contribution in [0.15, 0.2) is 36.4 Å². The Morgan fingerprint density at radius 2 is 1.44 bits per heavy atom. The highest BCUT2D eigenvalue weighted by Crippen LogP contribution is 2.41. The summed E-state index contributed by atoms with van der Waals surface area (Å²) in [6.45, 7) is 1.70. The van der Waals surface area contributed by atoms with Gasteiger partial charge in [-0.1, -0.05) is 24.3 Å². The minimum absolute atomic E-state index is 0.0704. The molecule has 0 heterocycles. The average molecular weight is 216 g/mol. The average Bonchev–Trinajstić information content (AvgIpc) is 2.28. The molecule has 0 radical (unpaired) electrons. The molecule has 3 nitrogen and oxygen atoms in total. The van der Waals surface area contributed by atoms with Gasteiger partial charge in [-0.2, -0.15) is 0 Å². The molecule has 82 valence electrons. The van der Waals surface area contributed by atoms with Gasteiger partial charge in [-0.15, -0.1) is 0 Å². The molecule has 0 aliphatic carbocycles. The summed E-state index contributed by atoms with van der Waals surface area (Å²) in [5.74, 6) is -0.289. The molecule has 3 N–H and O–H groups in total. The SMILES string of the molecule is Cc1ccc(-c2ccccc2O)c(O)c1O. The number of hydrogen-bond acceptors (Lipinski definition) is 3. The number of rotatable bonds is 1. The van der Waals surface area contributed by atoms with Gasteiger partial charge in [0.05, 0.1) is 0 Å². The lowest BCUT2D eigenvalue weighted by molar-refractivity contribution is 0.402. The second-order valence-corrected chi connectivity index (χ2v) is 3.64. The van der Waals surface area contributed by atoms with Gasteiger partial charge in [0.25, 0.3) is 0 Å². The Balaban J connectivity index is 2.66. The van der Waals surface area contributed by atoms with Gasteiger partial charge in [0.15, 0.2) is 11.5 Å². The van der Waals surface area contributed by atoms with Gasteiger partial charge in [-0.05, 0) is 24.6 Å². The first-order chi connectivity index (χ1) is 7.61. The molecule has 2 rings (SSSR count). The van der Waals surface area contributed by atoms with Gasteiger partial charge < -0.3 is 15.3 Å². The van der Waals surface area contributed by atoms with Gasteiger partial charge in [0.1, 0.15) is 5.75 Å². The van der Waals surface area contributed by atoms with E-state index in [4.69, 9.17) is 0 Å². The summed E-state index contributed by atoms with van der Waals surface area (Å²) in [6, 6.07) is 10.0. The highest BCUT2D eigenvalue weighted by Gasteiger charge is 2.12. The van der Waals surface area contributed by atoms with E-state index in [1.807, 2.05) is 0 Å². The smallest absolute Gasteiger partial charge is 0.165 e. The predicted octanol–water partition coefficient (Wildman–Crippen LogP) is 2.78. The Morgan fingerprint density at radius 1 is 0.750 bits per heavy atom. The van der Waals surface area contributed by atoms with E-state index in [9.17, 15) is 15.3 Å². The summed E-state index contributed by atoms with van der Waals surface area (Å²) >= 11 is 0. The van der Waals surface area contributed by atoms with Crippen LogP contribution in [0, 0.1) is 6.92 Å². The molecule has 0 bridgehead atoms. The van der Waals surface area contributed by atoms with E-state index >= 15 is 0 Å². The predicted molar refractivity (Wildman–Crippen MR) is 61.6 cm³/mol. The molecule has 2 aromatic rings. The van der Waals surface area contributed by atoms with E-state index in [2.05, 4.69) is 0 Å². The Kier molecular flexibility index (Phi) is 2.44. The normalized spacial score (nSPS) is 10.3. The lowest BCUT2D eigenvalue weighted by atomic mass is 10.0. The fraction of sp³-hybridized carbons (Fsp3) is 0.0769. The van der Waals surface area contributed by atoms with Crippen molar-refractivity contribution < 1.29 is 15.3 Å². The van der Waals surface area contributed by atoms with Crippen molar-refractivity contribution in [3.8, 4) is 28.4 Å². The maximum Gasteiger partial charge on any atom is 0.165 e. The summed E-state index contributed by atoms with van der Waals surface area (Å²) in [7, 11) is 0. The van der Waals surface area contributed by atoms with Crippen LogP contribution in [0.25, 0.3) is 11.1 Å². The lowest BCUT2D eigenvalue weighted by Crippen LogP contribution is -1.83. The third-order valence-corrected chi connectivity index (χ3v) is 2.55. The molecule has 3 heteroatoms. The van der Waals surface area contributed by atoms with E-state index in [1.165, 1.54) is 6.07 Å². The highest BCUT2D eigenvalue weighted by molar-refractivity contribution is 5.78. The lowest BCUT2D eigenvalue weighted by Gasteiger charge is -2.09. The first-order valence-corrected chi connectivity index (χ1v) is 4.91. The van der Waals surface area contributed by atoms with Crippen molar-refractivity contribution in [3.05, 3.63) is 42.0 Å². The molecule has 0 saturated heterocycles. The summed E-state index contributed by atoms with van der Waals surface area (Å²) < 4.78 is 0. The number of para-hydroxylation sites is 1. The molecule has 0 unspecified atom stereocenters. The zero-order chi connectivity index (χ0) is 11.7. The zero-order valence-corrected chi connectivity index (χ0v) is 8.81. The van der Waals surface area contributed by atoms with Crippen molar-refractivity contribution in [1.29, 1.82) is 0 Å². The number of hydrogen-bond donors (Lipinski definition) is 3. The maximum atomic E-state index is 9.80. The Morgan fingerprint density at radius 3 is 2.12 bits per heavy atom. The molecule has 2 aromatic carbocycles. The second kappa shape index (κ2) is 3.77. The van der Waals surface area contributed by atoms with E-state index in [0.717, 1.165) is 0 Å². The topological polar surface area (TPSA) is 60.7 Å². The fourth-order valence-corrected chi connectivity index (χ4v) is 1.60. The molecule has 0 amide bonds. The standard InChI is InChI=1S/C13H12O3/c1-8-6-7-10(13(16)12(8)15)9-4-2-3-5-11(9)14/h2-7,14-16H,1H3. The molecule has 0 aliphatic rings. The van der Waals surface area contributed by atoms with E-state index in [0.29, 0.717) is 16.7 Å². The van der Waals surface area contributed by atoms with Crippen molar-refractivity contribution in [2.45, 2.75) is 6.92 Å². The van der Waals surface area contributed by atoms with Gasteiger partial charge in [0.2, 0.25) is 0 Å². The first kappa shape index (κ1) is 10.4. The fourth-order valence-electron chi connectivity index (χ4n) is 1.60. The zero-order valence-electron chi connectivity index (χ0n) is 8.81. The van der Waals surface area contributed by atoms with E-state index in [1.54, 1.807) is 37.3 Å². The molecular formula is C13H12O3. The highest BCUT2D eigenvalue weighted by atomic mass is 16.3. The van der Waals surface area contributed by atoms with Crippen LogP contribution >= 0.6 is 0 Å². The number of phenols is 3. The van der Waals surface area contributed by atoms with Crippen LogP contribution in [0.4, 0.5) is 0 Å².